The lowest BCUT2D eigenvalue weighted by atomic mass is 9.88. The maximum atomic E-state index is 13.7. The zero-order valence-electron chi connectivity index (χ0n) is 15.2. The number of phenols is 1. The lowest BCUT2D eigenvalue weighted by molar-refractivity contribution is 0.464. The Balaban J connectivity index is 0.00000261. The van der Waals surface area contributed by atoms with E-state index in [0.29, 0.717) is 12.5 Å². The van der Waals surface area contributed by atoms with E-state index in [4.69, 9.17) is 0 Å². The number of hydrogen-bond donors (Lipinski definition) is 3. The molecule has 0 heterocycles. The van der Waals surface area contributed by atoms with Crippen LogP contribution in [0.15, 0.2) is 35.3 Å². The van der Waals surface area contributed by atoms with Gasteiger partial charge in [0.15, 0.2) is 5.96 Å². The summed E-state index contributed by atoms with van der Waals surface area (Å²) >= 11 is 0. The van der Waals surface area contributed by atoms with Crippen molar-refractivity contribution in [2.24, 2.45) is 4.99 Å². The average Bonchev–Trinajstić information content (AvgIpc) is 2.65. The molecule has 27 heavy (non-hydrogen) atoms. The summed E-state index contributed by atoms with van der Waals surface area (Å²) in [5.74, 6) is -0.220. The maximum Gasteiger partial charge on any atom is 0.191 e. The van der Waals surface area contributed by atoms with E-state index in [2.05, 4.69) is 15.6 Å². The summed E-state index contributed by atoms with van der Waals surface area (Å²) < 4.78 is 27.0. The van der Waals surface area contributed by atoms with Gasteiger partial charge in [0.2, 0.25) is 0 Å². The summed E-state index contributed by atoms with van der Waals surface area (Å²) in [5.41, 5.74) is 3.60. The van der Waals surface area contributed by atoms with Crippen LogP contribution in [-0.4, -0.2) is 18.1 Å². The normalized spacial score (nSPS) is 13.5. The molecule has 2 aromatic rings. The lowest BCUT2D eigenvalue weighted by Gasteiger charge is -2.21. The van der Waals surface area contributed by atoms with Crippen molar-refractivity contribution in [3.63, 3.8) is 0 Å². The molecular weight excluding hydrogens is 463 g/mol. The van der Waals surface area contributed by atoms with Gasteiger partial charge in [-0.1, -0.05) is 6.07 Å². The van der Waals surface area contributed by atoms with Crippen LogP contribution >= 0.6 is 24.0 Å². The highest BCUT2D eigenvalue weighted by Gasteiger charge is 2.16. The molecule has 3 N–H and O–H groups in total. The van der Waals surface area contributed by atoms with Crippen molar-refractivity contribution in [3.8, 4) is 5.75 Å². The lowest BCUT2D eigenvalue weighted by Crippen LogP contribution is -2.36. The van der Waals surface area contributed by atoms with E-state index in [1.54, 1.807) is 13.1 Å². The van der Waals surface area contributed by atoms with Gasteiger partial charge >= 0.3 is 0 Å². The van der Waals surface area contributed by atoms with E-state index in [1.165, 1.54) is 17.5 Å². The Labute approximate surface area is 175 Å². The standard InChI is InChI=1S/C20H23F2N3O.HI/c1-23-20(24-11-14-10-15(21)7-8-18(14)22)25-12-17-16-5-3-2-4-13(16)6-9-19(17)26;/h6-10,26H,2-5,11-12H2,1H3,(H2,23,24,25);1H. The number of aliphatic imine (C=N–C) groups is 1. The number of benzene rings is 2. The molecule has 0 amide bonds. The molecule has 3 rings (SSSR count). The fourth-order valence-corrected chi connectivity index (χ4v) is 3.34. The number of guanidine groups is 1. The Kier molecular flexibility index (Phi) is 7.82. The molecular formula is C20H24F2IN3O. The molecule has 0 radical (unpaired) electrons. The quantitative estimate of drug-likeness (QED) is 0.347. The molecule has 0 spiro atoms. The highest BCUT2D eigenvalue weighted by Crippen LogP contribution is 2.30. The topological polar surface area (TPSA) is 56.7 Å². The highest BCUT2D eigenvalue weighted by molar-refractivity contribution is 14.0. The summed E-state index contributed by atoms with van der Waals surface area (Å²) in [6, 6.07) is 7.09. The average molecular weight is 487 g/mol. The van der Waals surface area contributed by atoms with Crippen LogP contribution in [0.2, 0.25) is 0 Å². The van der Waals surface area contributed by atoms with Crippen molar-refractivity contribution in [2.75, 3.05) is 7.05 Å². The number of hydrogen-bond acceptors (Lipinski definition) is 2. The SMILES string of the molecule is CN=C(NCc1cc(F)ccc1F)NCc1c(O)ccc2c1CCCC2.I. The largest absolute Gasteiger partial charge is 0.508 e. The molecule has 0 unspecified atom stereocenters. The zero-order chi connectivity index (χ0) is 18.5. The van der Waals surface area contributed by atoms with Gasteiger partial charge in [-0.25, -0.2) is 8.78 Å². The second-order valence-electron chi connectivity index (χ2n) is 6.42. The van der Waals surface area contributed by atoms with Gasteiger partial charge in [0, 0.05) is 31.3 Å². The van der Waals surface area contributed by atoms with Crippen molar-refractivity contribution in [1.29, 1.82) is 0 Å². The smallest absolute Gasteiger partial charge is 0.191 e. The molecule has 4 nitrogen and oxygen atoms in total. The fourth-order valence-electron chi connectivity index (χ4n) is 3.34. The van der Waals surface area contributed by atoms with Crippen molar-refractivity contribution in [1.82, 2.24) is 10.6 Å². The molecule has 7 heteroatoms. The summed E-state index contributed by atoms with van der Waals surface area (Å²) in [4.78, 5) is 4.11. The van der Waals surface area contributed by atoms with Crippen LogP contribution < -0.4 is 10.6 Å². The summed E-state index contributed by atoms with van der Waals surface area (Å²) in [7, 11) is 1.61. The van der Waals surface area contributed by atoms with E-state index in [1.807, 2.05) is 6.07 Å². The van der Waals surface area contributed by atoms with Crippen LogP contribution in [-0.2, 0) is 25.9 Å². The Morgan fingerprint density at radius 3 is 2.59 bits per heavy atom. The number of fused-ring (bicyclic) bond motifs is 1. The first kappa shape index (κ1) is 21.4. The van der Waals surface area contributed by atoms with Gasteiger partial charge in [-0.2, -0.15) is 0 Å². The first-order valence-electron chi connectivity index (χ1n) is 8.79. The van der Waals surface area contributed by atoms with Crippen molar-refractivity contribution in [2.45, 2.75) is 38.8 Å². The Morgan fingerprint density at radius 2 is 1.81 bits per heavy atom. The molecule has 0 saturated heterocycles. The third-order valence-electron chi connectivity index (χ3n) is 4.74. The van der Waals surface area contributed by atoms with E-state index < -0.39 is 11.6 Å². The van der Waals surface area contributed by atoms with Crippen LogP contribution in [0.1, 0.15) is 35.1 Å². The predicted octanol–water partition coefficient (Wildman–Crippen LogP) is 4.03. The van der Waals surface area contributed by atoms with Crippen molar-refractivity contribution < 1.29 is 13.9 Å². The number of rotatable bonds is 4. The van der Waals surface area contributed by atoms with Gasteiger partial charge in [0.1, 0.15) is 17.4 Å². The number of nitrogens with zero attached hydrogens (tertiary/aromatic N) is 1. The van der Waals surface area contributed by atoms with E-state index >= 15 is 0 Å². The molecule has 0 aromatic heterocycles. The van der Waals surface area contributed by atoms with Crippen LogP contribution in [0.25, 0.3) is 0 Å². The van der Waals surface area contributed by atoms with Gasteiger partial charge in [0.25, 0.3) is 0 Å². The number of nitrogens with one attached hydrogen (secondary N) is 2. The third kappa shape index (κ3) is 5.31. The molecule has 0 atom stereocenters. The molecule has 0 fully saturated rings. The van der Waals surface area contributed by atoms with Gasteiger partial charge in [-0.15, -0.1) is 24.0 Å². The van der Waals surface area contributed by atoms with Gasteiger partial charge in [0.05, 0.1) is 0 Å². The van der Waals surface area contributed by atoms with Gasteiger partial charge in [-0.05, 0) is 61.1 Å². The van der Waals surface area contributed by atoms with Crippen LogP contribution in [0.4, 0.5) is 8.78 Å². The second-order valence-corrected chi connectivity index (χ2v) is 6.42. The Morgan fingerprint density at radius 1 is 1.07 bits per heavy atom. The second kappa shape index (κ2) is 9.87. The minimum absolute atomic E-state index is 0. The third-order valence-corrected chi connectivity index (χ3v) is 4.74. The first-order chi connectivity index (χ1) is 12.6. The van der Waals surface area contributed by atoms with Crippen molar-refractivity contribution in [3.05, 3.63) is 64.2 Å². The predicted molar refractivity (Wildman–Crippen MR) is 114 cm³/mol. The van der Waals surface area contributed by atoms with Gasteiger partial charge in [-0.3, -0.25) is 4.99 Å². The Hall–Kier alpha value is -1.90. The van der Waals surface area contributed by atoms with E-state index in [0.717, 1.165) is 43.0 Å². The molecule has 2 aromatic carbocycles. The number of halogens is 3. The summed E-state index contributed by atoms with van der Waals surface area (Å²) in [6.07, 6.45) is 4.29. The maximum absolute atomic E-state index is 13.7. The minimum atomic E-state index is -0.480. The van der Waals surface area contributed by atoms with Crippen LogP contribution in [0.5, 0.6) is 5.75 Å². The fraction of sp³-hybridized carbons (Fsp3) is 0.350. The zero-order valence-corrected chi connectivity index (χ0v) is 17.5. The molecule has 1 aliphatic rings. The van der Waals surface area contributed by atoms with Gasteiger partial charge < -0.3 is 15.7 Å². The summed E-state index contributed by atoms with van der Waals surface area (Å²) in [6.45, 7) is 0.530. The molecule has 146 valence electrons. The van der Waals surface area contributed by atoms with Crippen molar-refractivity contribution >= 4 is 29.9 Å². The molecule has 1 aliphatic carbocycles. The highest BCUT2D eigenvalue weighted by atomic mass is 127. The molecule has 0 saturated carbocycles. The minimum Gasteiger partial charge on any atom is -0.508 e. The monoisotopic (exact) mass is 487 g/mol. The van der Waals surface area contributed by atoms with Crippen LogP contribution in [0, 0.1) is 11.6 Å². The number of aryl methyl sites for hydroxylation is 1. The number of phenolic OH excluding ortho intramolecular Hbond substituents is 1. The number of aromatic hydroxyl groups is 1. The Bertz CT molecular complexity index is 827. The van der Waals surface area contributed by atoms with Crippen LogP contribution in [0.3, 0.4) is 0 Å². The first-order valence-corrected chi connectivity index (χ1v) is 8.79. The molecule has 0 bridgehead atoms. The summed E-state index contributed by atoms with van der Waals surface area (Å²) in [5, 5.41) is 16.4. The van der Waals surface area contributed by atoms with E-state index in [-0.39, 0.29) is 41.8 Å². The molecule has 0 aliphatic heterocycles. The van der Waals surface area contributed by atoms with E-state index in [9.17, 15) is 13.9 Å².